The van der Waals surface area contributed by atoms with Crippen molar-refractivity contribution in [2.75, 3.05) is 6.54 Å². The molecule has 0 radical (unpaired) electrons. The van der Waals surface area contributed by atoms with E-state index in [4.69, 9.17) is 5.73 Å². The van der Waals surface area contributed by atoms with Crippen molar-refractivity contribution in [1.82, 2.24) is 0 Å². The summed E-state index contributed by atoms with van der Waals surface area (Å²) < 4.78 is 0. The van der Waals surface area contributed by atoms with Crippen LogP contribution >= 0.6 is 0 Å². The number of nitrogens with two attached hydrogens (primary N) is 1. The third-order valence-corrected chi connectivity index (χ3v) is 3.15. The Morgan fingerprint density at radius 3 is 2.94 bits per heavy atom. The highest BCUT2D eigenvalue weighted by atomic mass is 16.3. The summed E-state index contributed by atoms with van der Waals surface area (Å²) >= 11 is 0. The van der Waals surface area contributed by atoms with Crippen molar-refractivity contribution >= 4 is 6.08 Å². The van der Waals surface area contributed by atoms with E-state index >= 15 is 0 Å². The molecule has 1 unspecified atom stereocenters. The van der Waals surface area contributed by atoms with Gasteiger partial charge in [0.2, 0.25) is 0 Å². The van der Waals surface area contributed by atoms with Gasteiger partial charge in [0.15, 0.2) is 0 Å². The van der Waals surface area contributed by atoms with Crippen LogP contribution in [-0.2, 0) is 6.42 Å². The molecule has 0 saturated heterocycles. The summed E-state index contributed by atoms with van der Waals surface area (Å²) in [5, 5.41) is 9.55. The van der Waals surface area contributed by atoms with Gasteiger partial charge in [0.05, 0.1) is 6.10 Å². The van der Waals surface area contributed by atoms with Gasteiger partial charge in [0, 0.05) is 6.54 Å². The summed E-state index contributed by atoms with van der Waals surface area (Å²) in [5.41, 5.74) is 10.8. The van der Waals surface area contributed by atoms with Crippen LogP contribution in [0.2, 0.25) is 0 Å². The first-order valence-electron chi connectivity index (χ1n) is 5.86. The second-order valence-electron chi connectivity index (χ2n) is 4.60. The molecule has 3 N–H and O–H groups in total. The fraction of sp³-hybridized carbons (Fsp3) is 0.429. The topological polar surface area (TPSA) is 46.2 Å². The molecule has 0 fully saturated rings. The number of rotatable bonds is 3. The number of aliphatic hydroxyl groups is 1. The molecule has 0 aliphatic heterocycles. The lowest BCUT2D eigenvalue weighted by Crippen LogP contribution is -2.20. The van der Waals surface area contributed by atoms with E-state index in [2.05, 4.69) is 31.2 Å². The van der Waals surface area contributed by atoms with Crippen LogP contribution in [0.1, 0.15) is 29.5 Å². The van der Waals surface area contributed by atoms with Gasteiger partial charge in [-0.05, 0) is 37.3 Å². The lowest BCUT2D eigenvalue weighted by atomic mass is 9.89. The maximum Gasteiger partial charge on any atom is 0.0699 e. The van der Waals surface area contributed by atoms with Gasteiger partial charge in [-0.2, -0.15) is 0 Å². The summed E-state index contributed by atoms with van der Waals surface area (Å²) in [6.07, 6.45) is 4.66. The molecule has 1 aliphatic rings. The van der Waals surface area contributed by atoms with Gasteiger partial charge in [0.25, 0.3) is 0 Å². The summed E-state index contributed by atoms with van der Waals surface area (Å²) in [5.74, 6) is 0. The minimum atomic E-state index is -0.391. The average Bonchev–Trinajstić information content (AvgIpc) is 2.28. The van der Waals surface area contributed by atoms with Crippen LogP contribution in [0.25, 0.3) is 6.08 Å². The lowest BCUT2D eigenvalue weighted by molar-refractivity contribution is 0.182. The standard InChI is InChI=1S/C14H19NO/c1-10-2-4-12-5-3-11(7-13(12)6-10)8-14(16)9-15/h2,4,6-7,14,16H,3,5,8-9,15H2,1H3. The predicted octanol–water partition coefficient (Wildman–Crippen LogP) is 2.03. The molecule has 0 heterocycles. The van der Waals surface area contributed by atoms with Crippen molar-refractivity contribution in [1.29, 1.82) is 0 Å². The zero-order valence-electron chi connectivity index (χ0n) is 9.74. The van der Waals surface area contributed by atoms with Crippen molar-refractivity contribution < 1.29 is 5.11 Å². The number of fused-ring (bicyclic) bond motifs is 1. The minimum absolute atomic E-state index is 0.345. The van der Waals surface area contributed by atoms with E-state index in [-0.39, 0.29) is 0 Å². The molecule has 1 aromatic carbocycles. The largest absolute Gasteiger partial charge is 0.391 e. The van der Waals surface area contributed by atoms with Crippen molar-refractivity contribution in [2.24, 2.45) is 5.73 Å². The molecule has 2 heteroatoms. The molecule has 16 heavy (non-hydrogen) atoms. The number of hydrogen-bond donors (Lipinski definition) is 2. The van der Waals surface area contributed by atoms with Gasteiger partial charge in [-0.15, -0.1) is 0 Å². The van der Waals surface area contributed by atoms with E-state index in [0.717, 1.165) is 12.8 Å². The quantitative estimate of drug-likeness (QED) is 0.813. The Bertz CT molecular complexity index is 409. The monoisotopic (exact) mass is 217 g/mol. The van der Waals surface area contributed by atoms with E-state index in [9.17, 15) is 5.11 Å². The van der Waals surface area contributed by atoms with E-state index in [1.54, 1.807) is 0 Å². The third-order valence-electron chi connectivity index (χ3n) is 3.15. The minimum Gasteiger partial charge on any atom is -0.391 e. The van der Waals surface area contributed by atoms with Gasteiger partial charge >= 0.3 is 0 Å². The van der Waals surface area contributed by atoms with Crippen molar-refractivity contribution in [3.05, 3.63) is 40.5 Å². The van der Waals surface area contributed by atoms with Gasteiger partial charge < -0.3 is 10.8 Å². The van der Waals surface area contributed by atoms with Crippen LogP contribution in [0.15, 0.2) is 23.8 Å². The lowest BCUT2D eigenvalue weighted by Gasteiger charge is -2.18. The van der Waals surface area contributed by atoms with Crippen molar-refractivity contribution in [2.45, 2.75) is 32.3 Å². The second-order valence-corrected chi connectivity index (χ2v) is 4.60. The highest BCUT2D eigenvalue weighted by Gasteiger charge is 2.12. The molecule has 0 aromatic heterocycles. The summed E-state index contributed by atoms with van der Waals surface area (Å²) in [6, 6.07) is 6.58. The molecular formula is C14H19NO. The highest BCUT2D eigenvalue weighted by molar-refractivity contribution is 5.60. The Hall–Kier alpha value is -1.12. The first-order valence-corrected chi connectivity index (χ1v) is 5.86. The van der Waals surface area contributed by atoms with E-state index in [0.29, 0.717) is 13.0 Å². The fourth-order valence-corrected chi connectivity index (χ4v) is 2.21. The zero-order chi connectivity index (χ0) is 11.5. The Labute approximate surface area is 96.8 Å². The third kappa shape index (κ3) is 2.52. The Morgan fingerprint density at radius 2 is 2.19 bits per heavy atom. The van der Waals surface area contributed by atoms with Crippen LogP contribution in [0, 0.1) is 6.92 Å². The van der Waals surface area contributed by atoms with Crippen molar-refractivity contribution in [3.8, 4) is 0 Å². The highest BCUT2D eigenvalue weighted by Crippen LogP contribution is 2.27. The van der Waals surface area contributed by atoms with Crippen LogP contribution in [-0.4, -0.2) is 17.8 Å². The molecule has 0 bridgehead atoms. The molecule has 1 aliphatic carbocycles. The first-order chi connectivity index (χ1) is 7.69. The second kappa shape index (κ2) is 4.81. The number of benzene rings is 1. The van der Waals surface area contributed by atoms with E-state index in [1.165, 1.54) is 22.3 Å². The summed E-state index contributed by atoms with van der Waals surface area (Å²) in [7, 11) is 0. The maximum absolute atomic E-state index is 9.55. The Morgan fingerprint density at radius 1 is 1.38 bits per heavy atom. The van der Waals surface area contributed by atoms with Gasteiger partial charge in [-0.25, -0.2) is 0 Å². The molecule has 1 atom stereocenters. The number of hydrogen-bond acceptors (Lipinski definition) is 2. The van der Waals surface area contributed by atoms with E-state index < -0.39 is 6.10 Å². The molecule has 0 spiro atoms. The summed E-state index contributed by atoms with van der Waals surface area (Å²) in [4.78, 5) is 0. The molecule has 86 valence electrons. The molecule has 1 aromatic rings. The molecule has 0 saturated carbocycles. The average molecular weight is 217 g/mol. The predicted molar refractivity (Wildman–Crippen MR) is 67.2 cm³/mol. The van der Waals surface area contributed by atoms with Gasteiger partial charge in [-0.1, -0.05) is 35.4 Å². The van der Waals surface area contributed by atoms with Crippen molar-refractivity contribution in [3.63, 3.8) is 0 Å². The number of aliphatic hydroxyl groups excluding tert-OH is 1. The molecule has 0 amide bonds. The smallest absolute Gasteiger partial charge is 0.0699 e. The Kier molecular flexibility index (Phi) is 3.42. The first kappa shape index (κ1) is 11.4. The van der Waals surface area contributed by atoms with E-state index in [1.807, 2.05) is 0 Å². The fourth-order valence-electron chi connectivity index (χ4n) is 2.21. The zero-order valence-corrected chi connectivity index (χ0v) is 9.74. The van der Waals surface area contributed by atoms with Crippen LogP contribution in [0.5, 0.6) is 0 Å². The SMILES string of the molecule is Cc1ccc2c(c1)C=C(CC(O)CN)CC2. The molecular weight excluding hydrogens is 198 g/mol. The van der Waals surface area contributed by atoms with Crippen LogP contribution in [0.4, 0.5) is 0 Å². The summed E-state index contributed by atoms with van der Waals surface area (Å²) in [6.45, 7) is 2.45. The number of aryl methyl sites for hydroxylation is 2. The molecule has 2 rings (SSSR count). The van der Waals surface area contributed by atoms with Crippen LogP contribution in [0.3, 0.4) is 0 Å². The maximum atomic E-state index is 9.55. The van der Waals surface area contributed by atoms with Crippen LogP contribution < -0.4 is 5.73 Å². The molecule has 2 nitrogen and oxygen atoms in total. The Balaban J connectivity index is 2.20. The van der Waals surface area contributed by atoms with Gasteiger partial charge in [0.1, 0.15) is 0 Å². The normalized spacial score (nSPS) is 16.6. The van der Waals surface area contributed by atoms with Gasteiger partial charge in [-0.3, -0.25) is 0 Å².